The Kier molecular flexibility index (Phi) is 4.76. The average Bonchev–Trinajstić information content (AvgIpc) is 2.63. The molecule has 2 unspecified atom stereocenters. The normalized spacial score (nSPS) is 22.9. The monoisotopic (exact) mass is 255 g/mol. The summed E-state index contributed by atoms with van der Waals surface area (Å²) < 4.78 is 39.6. The predicted octanol–water partition coefficient (Wildman–Crippen LogP) is 0.795. The Balaban J connectivity index is 2.26. The van der Waals surface area contributed by atoms with Crippen LogP contribution in [0.15, 0.2) is 0 Å². The molecule has 0 saturated carbocycles. The van der Waals surface area contributed by atoms with Gasteiger partial charge in [0, 0.05) is 19.0 Å². The Hall–Kier alpha value is -0.820. The molecule has 0 spiro atoms. The summed E-state index contributed by atoms with van der Waals surface area (Å²) in [6, 6.07) is 0. The van der Waals surface area contributed by atoms with E-state index in [1.165, 1.54) is 4.90 Å². The fourth-order valence-corrected chi connectivity index (χ4v) is 1.75. The SMILES string of the molecule is CC(O)C1CCN(C(=O)COCC(F)(F)F)C1. The summed E-state index contributed by atoms with van der Waals surface area (Å²) in [7, 11) is 0. The van der Waals surface area contributed by atoms with Crippen molar-refractivity contribution < 1.29 is 27.8 Å². The van der Waals surface area contributed by atoms with Gasteiger partial charge in [0.1, 0.15) is 13.2 Å². The molecule has 1 fully saturated rings. The minimum atomic E-state index is -4.41. The van der Waals surface area contributed by atoms with Crippen LogP contribution in [-0.4, -0.2) is 54.5 Å². The number of hydrogen-bond acceptors (Lipinski definition) is 3. The number of likely N-dealkylation sites (tertiary alicyclic amines) is 1. The molecule has 0 bridgehead atoms. The van der Waals surface area contributed by atoms with Gasteiger partial charge in [0.25, 0.3) is 0 Å². The van der Waals surface area contributed by atoms with Crippen molar-refractivity contribution in [2.45, 2.75) is 25.6 Å². The summed E-state index contributed by atoms with van der Waals surface area (Å²) in [5.74, 6) is -0.459. The number of nitrogens with zero attached hydrogens (tertiary/aromatic N) is 1. The maximum absolute atomic E-state index is 11.8. The number of aliphatic hydroxyl groups is 1. The third-order valence-corrected chi connectivity index (χ3v) is 2.75. The van der Waals surface area contributed by atoms with E-state index in [-0.39, 0.29) is 5.92 Å². The topological polar surface area (TPSA) is 49.8 Å². The van der Waals surface area contributed by atoms with Crippen LogP contribution in [0, 0.1) is 5.92 Å². The van der Waals surface area contributed by atoms with Crippen molar-refractivity contribution in [1.29, 1.82) is 0 Å². The zero-order chi connectivity index (χ0) is 13.1. The van der Waals surface area contributed by atoms with E-state index in [1.807, 2.05) is 0 Å². The van der Waals surface area contributed by atoms with Gasteiger partial charge in [-0.2, -0.15) is 13.2 Å². The second kappa shape index (κ2) is 5.68. The molecule has 0 aromatic rings. The number of alkyl halides is 3. The van der Waals surface area contributed by atoms with Gasteiger partial charge in [0.05, 0.1) is 6.10 Å². The van der Waals surface area contributed by atoms with E-state index >= 15 is 0 Å². The summed E-state index contributed by atoms with van der Waals surface area (Å²) in [6.07, 6.45) is -4.25. The zero-order valence-corrected chi connectivity index (χ0v) is 9.54. The van der Waals surface area contributed by atoms with Gasteiger partial charge in [-0.3, -0.25) is 4.79 Å². The van der Waals surface area contributed by atoms with E-state index in [0.717, 1.165) is 0 Å². The molecule has 1 rings (SSSR count). The van der Waals surface area contributed by atoms with Crippen LogP contribution < -0.4 is 0 Å². The van der Waals surface area contributed by atoms with Crippen LogP contribution >= 0.6 is 0 Å². The molecule has 100 valence electrons. The number of amides is 1. The number of aliphatic hydroxyl groups excluding tert-OH is 1. The maximum atomic E-state index is 11.8. The lowest BCUT2D eigenvalue weighted by atomic mass is 10.0. The third-order valence-electron chi connectivity index (χ3n) is 2.75. The Morgan fingerprint density at radius 1 is 1.59 bits per heavy atom. The summed E-state index contributed by atoms with van der Waals surface area (Å²) in [6.45, 7) is 0.507. The van der Waals surface area contributed by atoms with Crippen LogP contribution in [-0.2, 0) is 9.53 Å². The second-order valence-corrected chi connectivity index (χ2v) is 4.24. The number of halogens is 3. The van der Waals surface area contributed by atoms with Crippen molar-refractivity contribution in [2.75, 3.05) is 26.3 Å². The van der Waals surface area contributed by atoms with Crippen molar-refractivity contribution in [2.24, 2.45) is 5.92 Å². The number of rotatable bonds is 4. The highest BCUT2D eigenvalue weighted by atomic mass is 19.4. The first-order valence-corrected chi connectivity index (χ1v) is 5.40. The van der Waals surface area contributed by atoms with Gasteiger partial charge in [0.15, 0.2) is 0 Å². The third kappa shape index (κ3) is 4.91. The van der Waals surface area contributed by atoms with Gasteiger partial charge in [-0.05, 0) is 13.3 Å². The van der Waals surface area contributed by atoms with Crippen LogP contribution in [0.4, 0.5) is 13.2 Å². The predicted molar refractivity (Wildman–Crippen MR) is 53.2 cm³/mol. The molecule has 7 heteroatoms. The number of carbonyl (C=O) groups is 1. The summed E-state index contributed by atoms with van der Waals surface area (Å²) in [5.41, 5.74) is 0. The minimum absolute atomic E-state index is 0.00145. The van der Waals surface area contributed by atoms with E-state index in [0.29, 0.717) is 19.5 Å². The van der Waals surface area contributed by atoms with Crippen molar-refractivity contribution in [3.05, 3.63) is 0 Å². The highest BCUT2D eigenvalue weighted by Crippen LogP contribution is 2.20. The molecular formula is C10H16F3NO3. The molecule has 1 N–H and O–H groups in total. The number of ether oxygens (including phenoxy) is 1. The van der Waals surface area contributed by atoms with Gasteiger partial charge in [-0.1, -0.05) is 0 Å². The Labute approximate surface area is 97.3 Å². The van der Waals surface area contributed by atoms with Crippen molar-refractivity contribution in [3.8, 4) is 0 Å². The number of hydrogen-bond donors (Lipinski definition) is 1. The van der Waals surface area contributed by atoms with Crippen LogP contribution in [0.3, 0.4) is 0 Å². The van der Waals surface area contributed by atoms with E-state index in [4.69, 9.17) is 0 Å². The Morgan fingerprint density at radius 3 is 2.71 bits per heavy atom. The largest absolute Gasteiger partial charge is 0.411 e. The first-order chi connectivity index (χ1) is 7.79. The highest BCUT2D eigenvalue weighted by Gasteiger charge is 2.31. The lowest BCUT2D eigenvalue weighted by Gasteiger charge is -2.18. The van der Waals surface area contributed by atoms with Crippen molar-refractivity contribution in [1.82, 2.24) is 4.90 Å². The molecule has 0 aromatic carbocycles. The first-order valence-electron chi connectivity index (χ1n) is 5.40. The highest BCUT2D eigenvalue weighted by molar-refractivity contribution is 5.77. The van der Waals surface area contributed by atoms with Gasteiger partial charge in [-0.15, -0.1) is 0 Å². The first kappa shape index (κ1) is 14.2. The van der Waals surface area contributed by atoms with E-state index in [9.17, 15) is 23.1 Å². The molecular weight excluding hydrogens is 239 g/mol. The molecule has 1 amide bonds. The molecule has 1 aliphatic rings. The quantitative estimate of drug-likeness (QED) is 0.808. The van der Waals surface area contributed by atoms with Crippen LogP contribution in [0.2, 0.25) is 0 Å². The molecule has 0 aromatic heterocycles. The summed E-state index contributed by atoms with van der Waals surface area (Å²) in [5, 5.41) is 9.32. The van der Waals surface area contributed by atoms with E-state index in [1.54, 1.807) is 6.92 Å². The molecule has 0 aliphatic carbocycles. The van der Waals surface area contributed by atoms with Gasteiger partial charge < -0.3 is 14.7 Å². The standard InChI is InChI=1S/C10H16F3NO3/c1-7(15)8-2-3-14(4-8)9(16)5-17-6-10(11,12)13/h7-8,15H,2-6H2,1H3. The molecule has 1 aliphatic heterocycles. The molecule has 0 radical (unpaired) electrons. The van der Waals surface area contributed by atoms with Gasteiger partial charge in [-0.25, -0.2) is 0 Å². The van der Waals surface area contributed by atoms with Gasteiger partial charge in [0.2, 0.25) is 5.91 Å². The molecule has 17 heavy (non-hydrogen) atoms. The Morgan fingerprint density at radius 2 is 2.24 bits per heavy atom. The van der Waals surface area contributed by atoms with E-state index < -0.39 is 31.4 Å². The summed E-state index contributed by atoms with van der Waals surface area (Å²) in [4.78, 5) is 12.9. The lowest BCUT2D eigenvalue weighted by molar-refractivity contribution is -0.177. The van der Waals surface area contributed by atoms with Gasteiger partial charge >= 0.3 is 6.18 Å². The fraction of sp³-hybridized carbons (Fsp3) is 0.900. The second-order valence-electron chi connectivity index (χ2n) is 4.24. The zero-order valence-electron chi connectivity index (χ0n) is 9.54. The lowest BCUT2D eigenvalue weighted by Crippen LogP contribution is -2.34. The van der Waals surface area contributed by atoms with Crippen LogP contribution in [0.25, 0.3) is 0 Å². The van der Waals surface area contributed by atoms with Crippen molar-refractivity contribution in [3.63, 3.8) is 0 Å². The summed E-state index contributed by atoms with van der Waals surface area (Å²) >= 11 is 0. The fourth-order valence-electron chi connectivity index (χ4n) is 1.75. The van der Waals surface area contributed by atoms with Crippen LogP contribution in [0.1, 0.15) is 13.3 Å². The molecule has 1 saturated heterocycles. The van der Waals surface area contributed by atoms with Crippen LogP contribution in [0.5, 0.6) is 0 Å². The maximum Gasteiger partial charge on any atom is 0.411 e. The smallest absolute Gasteiger partial charge is 0.393 e. The van der Waals surface area contributed by atoms with E-state index in [2.05, 4.69) is 4.74 Å². The van der Waals surface area contributed by atoms with Crippen molar-refractivity contribution >= 4 is 5.91 Å². The minimum Gasteiger partial charge on any atom is -0.393 e. The number of carbonyl (C=O) groups excluding carboxylic acids is 1. The molecule has 1 heterocycles. The Bertz CT molecular complexity index is 268. The molecule has 2 atom stereocenters. The molecule has 4 nitrogen and oxygen atoms in total. The average molecular weight is 255 g/mol.